The van der Waals surface area contributed by atoms with Crippen molar-refractivity contribution in [3.63, 3.8) is 0 Å². The lowest BCUT2D eigenvalue weighted by Crippen LogP contribution is -2.31. The molecule has 7 nitrogen and oxygen atoms in total. The Balaban J connectivity index is 1.84. The van der Waals surface area contributed by atoms with Crippen molar-refractivity contribution in [1.29, 1.82) is 0 Å². The Bertz CT molecular complexity index is 1270. The molecule has 0 aliphatic rings. The number of carbonyl (C=O) groups is 2. The van der Waals surface area contributed by atoms with E-state index in [4.69, 9.17) is 16.3 Å². The summed E-state index contributed by atoms with van der Waals surface area (Å²) >= 11 is 6.23. The van der Waals surface area contributed by atoms with Crippen LogP contribution in [-0.4, -0.2) is 27.4 Å². The number of nitrogens with one attached hydrogen (secondary N) is 2. The van der Waals surface area contributed by atoms with Gasteiger partial charge in [-0.15, -0.1) is 0 Å². The first-order valence-electron chi connectivity index (χ1n) is 9.70. The van der Waals surface area contributed by atoms with E-state index < -0.39 is 33.8 Å². The Morgan fingerprint density at radius 1 is 1.03 bits per heavy atom. The normalized spacial score (nSPS) is 12.0. The van der Waals surface area contributed by atoms with Crippen LogP contribution in [0.15, 0.2) is 77.7 Å². The van der Waals surface area contributed by atoms with Crippen LogP contribution in [0.4, 0.5) is 10.1 Å². The van der Waals surface area contributed by atoms with Crippen LogP contribution in [0.3, 0.4) is 0 Å². The third kappa shape index (κ3) is 6.30. The van der Waals surface area contributed by atoms with Crippen LogP contribution < -0.4 is 10.0 Å². The quantitative estimate of drug-likeness (QED) is 0.458. The van der Waals surface area contributed by atoms with Gasteiger partial charge in [-0.05, 0) is 54.1 Å². The summed E-state index contributed by atoms with van der Waals surface area (Å²) in [7, 11) is -2.81. The number of sulfonamides is 1. The summed E-state index contributed by atoms with van der Waals surface area (Å²) in [6.45, 7) is 0. The number of hydrogen-bond acceptors (Lipinski definition) is 5. The Kier molecular flexibility index (Phi) is 7.67. The van der Waals surface area contributed by atoms with Gasteiger partial charge in [0.05, 0.1) is 24.5 Å². The lowest BCUT2D eigenvalue weighted by Gasteiger charge is -2.19. The SMILES string of the molecule is COC(=O)CC(NC(=O)c1cccc(S(=O)(=O)Nc2ccc(F)cc2)c1)c1ccccc1Cl. The number of ether oxygens (including phenoxy) is 1. The van der Waals surface area contributed by atoms with Gasteiger partial charge >= 0.3 is 5.97 Å². The number of benzene rings is 3. The number of carbonyl (C=O) groups excluding carboxylic acids is 2. The molecule has 3 aromatic carbocycles. The van der Waals surface area contributed by atoms with Gasteiger partial charge in [-0.1, -0.05) is 35.9 Å². The highest BCUT2D eigenvalue weighted by Gasteiger charge is 2.23. The zero-order valence-corrected chi connectivity index (χ0v) is 19.0. The van der Waals surface area contributed by atoms with Crippen molar-refractivity contribution >= 4 is 39.2 Å². The van der Waals surface area contributed by atoms with Gasteiger partial charge in [0, 0.05) is 16.3 Å². The highest BCUT2D eigenvalue weighted by atomic mass is 35.5. The van der Waals surface area contributed by atoms with Crippen molar-refractivity contribution in [3.8, 4) is 0 Å². The lowest BCUT2D eigenvalue weighted by atomic mass is 10.0. The maximum atomic E-state index is 13.1. The maximum Gasteiger partial charge on any atom is 0.307 e. The van der Waals surface area contributed by atoms with E-state index in [1.807, 2.05) is 0 Å². The number of rotatable bonds is 8. The molecule has 0 spiro atoms. The van der Waals surface area contributed by atoms with Crippen LogP contribution in [0, 0.1) is 5.82 Å². The monoisotopic (exact) mass is 490 g/mol. The largest absolute Gasteiger partial charge is 0.469 e. The second-order valence-corrected chi connectivity index (χ2v) is 9.06. The Morgan fingerprint density at radius 2 is 1.73 bits per heavy atom. The summed E-state index contributed by atoms with van der Waals surface area (Å²) in [5.41, 5.74) is 0.738. The molecule has 0 aliphatic carbocycles. The van der Waals surface area contributed by atoms with Gasteiger partial charge in [-0.25, -0.2) is 12.8 Å². The average Bonchev–Trinajstić information content (AvgIpc) is 2.80. The molecule has 172 valence electrons. The summed E-state index contributed by atoms with van der Waals surface area (Å²) in [6, 6.07) is 16.1. The van der Waals surface area contributed by atoms with E-state index in [0.717, 1.165) is 12.1 Å². The van der Waals surface area contributed by atoms with E-state index in [2.05, 4.69) is 10.0 Å². The van der Waals surface area contributed by atoms with Crippen molar-refractivity contribution in [3.05, 3.63) is 94.8 Å². The fourth-order valence-electron chi connectivity index (χ4n) is 3.02. The first kappa shape index (κ1) is 24.2. The van der Waals surface area contributed by atoms with Crippen molar-refractivity contribution in [2.24, 2.45) is 0 Å². The number of amides is 1. The average molecular weight is 491 g/mol. The van der Waals surface area contributed by atoms with Crippen LogP contribution in [0.1, 0.15) is 28.4 Å². The molecule has 0 bridgehead atoms. The van der Waals surface area contributed by atoms with E-state index in [1.165, 1.54) is 43.5 Å². The summed E-state index contributed by atoms with van der Waals surface area (Å²) in [4.78, 5) is 24.6. The molecule has 33 heavy (non-hydrogen) atoms. The molecule has 3 aromatic rings. The minimum absolute atomic E-state index is 0.0545. The first-order chi connectivity index (χ1) is 15.7. The zero-order chi connectivity index (χ0) is 24.0. The molecule has 3 rings (SSSR count). The molecule has 1 atom stereocenters. The van der Waals surface area contributed by atoms with Gasteiger partial charge in [0.15, 0.2) is 0 Å². The van der Waals surface area contributed by atoms with Crippen LogP contribution >= 0.6 is 11.6 Å². The molecule has 0 fully saturated rings. The minimum atomic E-state index is -4.04. The number of methoxy groups -OCH3 is 1. The van der Waals surface area contributed by atoms with Crippen LogP contribution in [0.2, 0.25) is 5.02 Å². The molecule has 10 heteroatoms. The fraction of sp³-hybridized carbons (Fsp3) is 0.130. The molecule has 0 heterocycles. The topological polar surface area (TPSA) is 102 Å². The van der Waals surface area contributed by atoms with Crippen molar-refractivity contribution in [2.75, 3.05) is 11.8 Å². The number of anilines is 1. The minimum Gasteiger partial charge on any atom is -0.469 e. The Morgan fingerprint density at radius 3 is 2.39 bits per heavy atom. The molecule has 0 saturated heterocycles. The Labute approximate surface area is 195 Å². The molecule has 1 unspecified atom stereocenters. The third-order valence-corrected chi connectivity index (χ3v) is 6.41. The van der Waals surface area contributed by atoms with Crippen molar-refractivity contribution in [2.45, 2.75) is 17.4 Å². The fourth-order valence-corrected chi connectivity index (χ4v) is 4.40. The lowest BCUT2D eigenvalue weighted by molar-refractivity contribution is -0.141. The highest BCUT2D eigenvalue weighted by molar-refractivity contribution is 7.92. The molecule has 0 saturated carbocycles. The van der Waals surface area contributed by atoms with E-state index in [0.29, 0.717) is 10.6 Å². The molecule has 0 radical (unpaired) electrons. The predicted octanol–water partition coefficient (Wildman–Crippen LogP) is 4.31. The second-order valence-electron chi connectivity index (χ2n) is 6.97. The summed E-state index contributed by atoms with van der Waals surface area (Å²) in [5, 5.41) is 3.06. The second kappa shape index (κ2) is 10.5. The van der Waals surface area contributed by atoms with Gasteiger partial charge in [0.2, 0.25) is 0 Å². The van der Waals surface area contributed by atoms with E-state index in [1.54, 1.807) is 24.3 Å². The van der Waals surface area contributed by atoms with Crippen LogP contribution in [0.25, 0.3) is 0 Å². The smallest absolute Gasteiger partial charge is 0.307 e. The van der Waals surface area contributed by atoms with Gasteiger partial charge in [0.1, 0.15) is 5.82 Å². The van der Waals surface area contributed by atoms with E-state index in [9.17, 15) is 22.4 Å². The number of halogens is 2. The van der Waals surface area contributed by atoms with Gasteiger partial charge in [-0.3, -0.25) is 14.3 Å². The Hall–Kier alpha value is -3.43. The summed E-state index contributed by atoms with van der Waals surface area (Å²) in [5.74, 6) is -1.67. The first-order valence-corrected chi connectivity index (χ1v) is 11.6. The van der Waals surface area contributed by atoms with Gasteiger partial charge < -0.3 is 10.1 Å². The number of hydrogen-bond donors (Lipinski definition) is 2. The molecule has 2 N–H and O–H groups in total. The molecular formula is C23H20ClFN2O5S. The summed E-state index contributed by atoms with van der Waals surface area (Å²) in [6.07, 6.45) is -0.171. The maximum absolute atomic E-state index is 13.1. The van der Waals surface area contributed by atoms with E-state index in [-0.39, 0.29) is 22.6 Å². The third-order valence-electron chi connectivity index (χ3n) is 4.69. The molecule has 0 aromatic heterocycles. The standard InChI is InChI=1S/C23H20ClFN2O5S/c1-32-22(28)14-21(19-7-2-3-8-20(19)24)26-23(29)15-5-4-6-18(13-15)33(30,31)27-17-11-9-16(25)10-12-17/h2-13,21,27H,14H2,1H3,(H,26,29). The molecule has 0 aliphatic heterocycles. The summed E-state index contributed by atoms with van der Waals surface area (Å²) < 4.78 is 45.6. The van der Waals surface area contributed by atoms with Crippen LogP contribution in [0.5, 0.6) is 0 Å². The molecular weight excluding hydrogens is 471 g/mol. The van der Waals surface area contributed by atoms with Gasteiger partial charge in [0.25, 0.3) is 15.9 Å². The highest BCUT2D eigenvalue weighted by Crippen LogP contribution is 2.26. The zero-order valence-electron chi connectivity index (χ0n) is 17.4. The number of esters is 1. The van der Waals surface area contributed by atoms with Gasteiger partial charge in [-0.2, -0.15) is 0 Å². The molecule has 1 amide bonds. The van der Waals surface area contributed by atoms with Crippen molar-refractivity contribution in [1.82, 2.24) is 5.32 Å². The predicted molar refractivity (Wildman–Crippen MR) is 122 cm³/mol. The van der Waals surface area contributed by atoms with Crippen LogP contribution in [-0.2, 0) is 19.6 Å². The van der Waals surface area contributed by atoms with Crippen molar-refractivity contribution < 1.29 is 27.1 Å². The van der Waals surface area contributed by atoms with E-state index >= 15 is 0 Å².